The molecular formula is C11H14N2O3. The number of esters is 1. The van der Waals surface area contributed by atoms with Gasteiger partial charge in [0.05, 0.1) is 24.4 Å². The minimum Gasteiger partial charge on any atom is -0.489 e. The summed E-state index contributed by atoms with van der Waals surface area (Å²) in [6.45, 7) is 1.03. The van der Waals surface area contributed by atoms with Crippen molar-refractivity contribution >= 4 is 11.7 Å². The Morgan fingerprint density at radius 2 is 2.50 bits per heavy atom. The van der Waals surface area contributed by atoms with E-state index >= 15 is 0 Å². The van der Waals surface area contributed by atoms with E-state index in [0.717, 1.165) is 11.4 Å². The maximum absolute atomic E-state index is 11.3. The maximum Gasteiger partial charge on any atom is 0.337 e. The van der Waals surface area contributed by atoms with E-state index in [-0.39, 0.29) is 12.0 Å². The smallest absolute Gasteiger partial charge is 0.337 e. The molecule has 0 radical (unpaired) electrons. The average Bonchev–Trinajstić information content (AvgIpc) is 2.36. The van der Waals surface area contributed by atoms with Crippen LogP contribution in [0.5, 0.6) is 5.75 Å². The zero-order valence-electron chi connectivity index (χ0n) is 9.03. The molecule has 86 valence electrons. The lowest BCUT2D eigenvalue weighted by atomic mass is 10.1. The molecular weight excluding hydrogens is 208 g/mol. The molecule has 0 amide bonds. The van der Waals surface area contributed by atoms with Crippen LogP contribution in [0, 0.1) is 0 Å². The zero-order valence-corrected chi connectivity index (χ0v) is 9.03. The van der Waals surface area contributed by atoms with Gasteiger partial charge in [-0.3, -0.25) is 0 Å². The fourth-order valence-electron chi connectivity index (χ4n) is 1.59. The van der Waals surface area contributed by atoms with Gasteiger partial charge in [-0.1, -0.05) is 0 Å². The van der Waals surface area contributed by atoms with Crippen LogP contribution in [0.25, 0.3) is 0 Å². The first-order valence-corrected chi connectivity index (χ1v) is 5.06. The molecule has 0 aliphatic carbocycles. The Morgan fingerprint density at radius 1 is 1.69 bits per heavy atom. The number of rotatable bonds is 2. The summed E-state index contributed by atoms with van der Waals surface area (Å²) < 4.78 is 10.1. The summed E-state index contributed by atoms with van der Waals surface area (Å²) in [5.74, 6) is 0.372. The molecule has 0 spiro atoms. The number of carbonyl (C=O) groups excluding carboxylic acids is 1. The Kier molecular flexibility index (Phi) is 2.96. The summed E-state index contributed by atoms with van der Waals surface area (Å²) in [5, 5.41) is 3.21. The molecule has 1 unspecified atom stereocenters. The van der Waals surface area contributed by atoms with Gasteiger partial charge >= 0.3 is 5.97 Å². The lowest BCUT2D eigenvalue weighted by molar-refractivity contribution is 0.0600. The third-order valence-corrected chi connectivity index (χ3v) is 2.48. The highest BCUT2D eigenvalue weighted by atomic mass is 16.5. The van der Waals surface area contributed by atoms with Crippen molar-refractivity contribution in [1.82, 2.24) is 0 Å². The van der Waals surface area contributed by atoms with Gasteiger partial charge in [0.1, 0.15) is 12.4 Å². The van der Waals surface area contributed by atoms with E-state index < -0.39 is 0 Å². The number of hydrogen-bond acceptors (Lipinski definition) is 5. The number of fused-ring (bicyclic) bond motifs is 1. The van der Waals surface area contributed by atoms with E-state index in [1.165, 1.54) is 7.11 Å². The molecule has 0 aromatic heterocycles. The molecule has 0 saturated carbocycles. The Balaban J connectivity index is 2.27. The van der Waals surface area contributed by atoms with E-state index in [0.29, 0.717) is 18.7 Å². The molecule has 1 aromatic carbocycles. The fraction of sp³-hybridized carbons (Fsp3) is 0.364. The number of nitrogens with two attached hydrogens (primary N) is 1. The third-order valence-electron chi connectivity index (χ3n) is 2.48. The van der Waals surface area contributed by atoms with Crippen LogP contribution in [0.4, 0.5) is 5.69 Å². The van der Waals surface area contributed by atoms with Crippen LogP contribution in [0.1, 0.15) is 10.4 Å². The van der Waals surface area contributed by atoms with Gasteiger partial charge in [-0.15, -0.1) is 0 Å². The Morgan fingerprint density at radius 3 is 3.19 bits per heavy atom. The quantitative estimate of drug-likeness (QED) is 0.717. The lowest BCUT2D eigenvalue weighted by Crippen LogP contribution is -2.37. The summed E-state index contributed by atoms with van der Waals surface area (Å²) >= 11 is 0. The van der Waals surface area contributed by atoms with Crippen molar-refractivity contribution in [2.45, 2.75) is 6.04 Å². The number of methoxy groups -OCH3 is 1. The van der Waals surface area contributed by atoms with Gasteiger partial charge in [-0.05, 0) is 18.2 Å². The summed E-state index contributed by atoms with van der Waals surface area (Å²) in [5.41, 5.74) is 6.83. The second kappa shape index (κ2) is 4.40. The number of carbonyl (C=O) groups is 1. The van der Waals surface area contributed by atoms with E-state index in [2.05, 4.69) is 10.1 Å². The molecule has 3 N–H and O–H groups in total. The SMILES string of the molecule is COC(=O)c1ccc2c(c1)NC(CN)CO2. The first-order valence-electron chi connectivity index (χ1n) is 5.06. The van der Waals surface area contributed by atoms with Gasteiger partial charge in [0.25, 0.3) is 0 Å². The predicted octanol–water partition coefficient (Wildman–Crippen LogP) is 0.605. The van der Waals surface area contributed by atoms with Crippen LogP contribution in [-0.4, -0.2) is 32.3 Å². The molecule has 1 atom stereocenters. The van der Waals surface area contributed by atoms with Gasteiger partial charge in [0, 0.05) is 6.54 Å². The van der Waals surface area contributed by atoms with Crippen molar-refractivity contribution in [1.29, 1.82) is 0 Å². The van der Waals surface area contributed by atoms with E-state index in [9.17, 15) is 4.79 Å². The molecule has 16 heavy (non-hydrogen) atoms. The second-order valence-electron chi connectivity index (χ2n) is 3.59. The van der Waals surface area contributed by atoms with E-state index in [1.807, 2.05) is 0 Å². The first kappa shape index (κ1) is 10.8. The Hall–Kier alpha value is -1.75. The topological polar surface area (TPSA) is 73.6 Å². The molecule has 5 nitrogen and oxygen atoms in total. The number of hydrogen-bond donors (Lipinski definition) is 2. The van der Waals surface area contributed by atoms with Gasteiger partial charge in [-0.2, -0.15) is 0 Å². The van der Waals surface area contributed by atoms with Gasteiger partial charge < -0.3 is 20.5 Å². The number of nitrogens with one attached hydrogen (secondary N) is 1. The monoisotopic (exact) mass is 222 g/mol. The highest BCUT2D eigenvalue weighted by Crippen LogP contribution is 2.29. The van der Waals surface area contributed by atoms with Gasteiger partial charge in [0.2, 0.25) is 0 Å². The van der Waals surface area contributed by atoms with Crippen LogP contribution >= 0.6 is 0 Å². The minimum atomic E-state index is -0.362. The molecule has 1 heterocycles. The van der Waals surface area contributed by atoms with Crippen molar-refractivity contribution in [3.05, 3.63) is 23.8 Å². The Labute approximate surface area is 93.5 Å². The first-order chi connectivity index (χ1) is 7.74. The molecule has 0 fully saturated rings. The number of benzene rings is 1. The van der Waals surface area contributed by atoms with E-state index in [4.69, 9.17) is 10.5 Å². The maximum atomic E-state index is 11.3. The van der Waals surface area contributed by atoms with Crippen LogP contribution in [0.2, 0.25) is 0 Å². The number of anilines is 1. The third kappa shape index (κ3) is 1.94. The average molecular weight is 222 g/mol. The molecule has 1 aromatic rings. The molecule has 2 rings (SSSR count). The summed E-state index contributed by atoms with van der Waals surface area (Å²) in [4.78, 5) is 11.3. The zero-order chi connectivity index (χ0) is 11.5. The van der Waals surface area contributed by atoms with Crippen LogP contribution in [0.3, 0.4) is 0 Å². The van der Waals surface area contributed by atoms with Crippen LogP contribution in [-0.2, 0) is 4.74 Å². The van der Waals surface area contributed by atoms with Gasteiger partial charge in [0.15, 0.2) is 0 Å². The van der Waals surface area contributed by atoms with Crippen molar-refractivity contribution in [3.63, 3.8) is 0 Å². The molecule has 1 aliphatic rings. The van der Waals surface area contributed by atoms with Crippen LogP contribution in [0.15, 0.2) is 18.2 Å². The van der Waals surface area contributed by atoms with Crippen LogP contribution < -0.4 is 15.8 Å². The molecule has 1 aliphatic heterocycles. The standard InChI is InChI=1S/C11H14N2O3/c1-15-11(14)7-2-3-10-9(4-7)13-8(5-12)6-16-10/h2-4,8,13H,5-6,12H2,1H3. The van der Waals surface area contributed by atoms with Crippen molar-refractivity contribution in [2.24, 2.45) is 5.73 Å². The van der Waals surface area contributed by atoms with Crippen molar-refractivity contribution in [3.8, 4) is 5.75 Å². The van der Waals surface area contributed by atoms with Crippen molar-refractivity contribution < 1.29 is 14.3 Å². The van der Waals surface area contributed by atoms with E-state index in [1.54, 1.807) is 18.2 Å². The van der Waals surface area contributed by atoms with Gasteiger partial charge in [-0.25, -0.2) is 4.79 Å². The second-order valence-corrected chi connectivity index (χ2v) is 3.59. The number of ether oxygens (including phenoxy) is 2. The molecule has 0 saturated heterocycles. The van der Waals surface area contributed by atoms with Crippen molar-refractivity contribution in [2.75, 3.05) is 25.6 Å². The summed E-state index contributed by atoms with van der Waals surface area (Å²) in [6.07, 6.45) is 0. The molecule has 5 heteroatoms. The fourth-order valence-corrected chi connectivity index (χ4v) is 1.59. The summed E-state index contributed by atoms with van der Waals surface area (Å²) in [6, 6.07) is 5.22. The Bertz CT molecular complexity index is 406. The molecule has 0 bridgehead atoms. The predicted molar refractivity (Wildman–Crippen MR) is 59.7 cm³/mol. The highest BCUT2D eigenvalue weighted by Gasteiger charge is 2.19. The minimum absolute atomic E-state index is 0.0837. The summed E-state index contributed by atoms with van der Waals surface area (Å²) in [7, 11) is 1.36. The normalized spacial score (nSPS) is 18.0. The highest BCUT2D eigenvalue weighted by molar-refractivity contribution is 5.91. The lowest BCUT2D eigenvalue weighted by Gasteiger charge is -2.26. The largest absolute Gasteiger partial charge is 0.489 e.